The van der Waals surface area contributed by atoms with Crippen LogP contribution in [-0.2, 0) is 0 Å². The number of rotatable bonds is 4. The van der Waals surface area contributed by atoms with Crippen molar-refractivity contribution in [3.63, 3.8) is 0 Å². The Hall–Kier alpha value is -2.94. The number of carbonyl (C=O) groups is 1. The SMILES string of the molecule is CC1CCN(C2(CNC(=O)Nc3ccc4[nH]ccc4c3)C=CC=C(C(F)(F)F)N2)CC1. The van der Waals surface area contributed by atoms with Crippen molar-refractivity contribution in [2.45, 2.75) is 31.6 Å². The van der Waals surface area contributed by atoms with Gasteiger partial charge in [-0.3, -0.25) is 4.90 Å². The van der Waals surface area contributed by atoms with E-state index >= 15 is 0 Å². The molecule has 0 bridgehead atoms. The van der Waals surface area contributed by atoms with Crippen LogP contribution in [0.4, 0.5) is 23.7 Å². The van der Waals surface area contributed by atoms with Gasteiger partial charge in [0.25, 0.3) is 0 Å². The van der Waals surface area contributed by atoms with Crippen LogP contribution in [0.15, 0.2) is 54.4 Å². The van der Waals surface area contributed by atoms with E-state index in [0.29, 0.717) is 24.7 Å². The Morgan fingerprint density at radius 2 is 2.03 bits per heavy atom. The van der Waals surface area contributed by atoms with Crippen molar-refractivity contribution >= 4 is 22.6 Å². The molecule has 1 aromatic carbocycles. The highest BCUT2D eigenvalue weighted by molar-refractivity contribution is 5.92. The van der Waals surface area contributed by atoms with E-state index in [9.17, 15) is 18.0 Å². The van der Waals surface area contributed by atoms with E-state index in [1.807, 2.05) is 29.3 Å². The number of carbonyl (C=O) groups excluding carboxylic acids is 1. The lowest BCUT2D eigenvalue weighted by Gasteiger charge is -2.47. The molecule has 2 amide bonds. The van der Waals surface area contributed by atoms with Gasteiger partial charge >= 0.3 is 12.2 Å². The Morgan fingerprint density at radius 1 is 1.26 bits per heavy atom. The smallest absolute Gasteiger partial charge is 0.361 e. The molecule has 1 fully saturated rings. The number of hydrogen-bond donors (Lipinski definition) is 4. The Labute approximate surface area is 178 Å². The average Bonchev–Trinajstić information content (AvgIpc) is 3.20. The highest BCUT2D eigenvalue weighted by atomic mass is 19.4. The second-order valence-electron chi connectivity index (χ2n) is 8.24. The number of urea groups is 1. The van der Waals surface area contributed by atoms with E-state index in [4.69, 9.17) is 0 Å². The summed E-state index contributed by atoms with van der Waals surface area (Å²) < 4.78 is 40.2. The largest absolute Gasteiger partial charge is 0.430 e. The first kappa shape index (κ1) is 21.3. The zero-order valence-corrected chi connectivity index (χ0v) is 17.2. The fourth-order valence-corrected chi connectivity index (χ4v) is 4.11. The quantitative estimate of drug-likeness (QED) is 0.580. The summed E-state index contributed by atoms with van der Waals surface area (Å²) in [6.45, 7) is 3.43. The van der Waals surface area contributed by atoms with Gasteiger partial charge in [-0.05, 0) is 55.2 Å². The van der Waals surface area contributed by atoms with Crippen molar-refractivity contribution in [2.75, 3.05) is 25.0 Å². The van der Waals surface area contributed by atoms with Gasteiger partial charge in [-0.25, -0.2) is 4.79 Å². The van der Waals surface area contributed by atoms with Crippen LogP contribution in [0, 0.1) is 5.92 Å². The number of aromatic nitrogens is 1. The third kappa shape index (κ3) is 4.71. The third-order valence-electron chi connectivity index (χ3n) is 5.97. The number of likely N-dealkylation sites (tertiary alicyclic amines) is 1. The molecule has 2 aromatic rings. The first-order chi connectivity index (χ1) is 14.7. The maximum atomic E-state index is 13.4. The molecule has 9 heteroatoms. The van der Waals surface area contributed by atoms with E-state index in [-0.39, 0.29) is 6.54 Å². The number of fused-ring (bicyclic) bond motifs is 1. The van der Waals surface area contributed by atoms with Crippen LogP contribution in [0.1, 0.15) is 19.8 Å². The summed E-state index contributed by atoms with van der Waals surface area (Å²) in [6.07, 6.45) is 3.24. The number of alkyl halides is 3. The number of nitrogens with one attached hydrogen (secondary N) is 4. The molecule has 1 saturated heterocycles. The maximum Gasteiger partial charge on any atom is 0.430 e. The topological polar surface area (TPSA) is 72.2 Å². The number of dihydropyridines is 1. The molecule has 1 atom stereocenters. The molecule has 0 radical (unpaired) electrons. The van der Waals surface area contributed by atoms with Gasteiger partial charge in [0.2, 0.25) is 0 Å². The lowest BCUT2D eigenvalue weighted by atomic mass is 9.94. The predicted molar refractivity (Wildman–Crippen MR) is 114 cm³/mol. The lowest BCUT2D eigenvalue weighted by molar-refractivity contribution is -0.103. The van der Waals surface area contributed by atoms with E-state index < -0.39 is 23.6 Å². The minimum absolute atomic E-state index is 0.0104. The molecular formula is C22H26F3N5O. The third-order valence-corrected chi connectivity index (χ3v) is 5.97. The standard InChI is InChI=1S/C22H26F3N5O/c1-15-7-11-30(12-8-15)21(9-2-3-19(29-21)22(23,24)25)14-27-20(31)28-17-4-5-18-16(13-17)6-10-26-18/h2-6,9-10,13,15,26,29H,7-8,11-12,14H2,1H3,(H2,27,28,31). The number of halogens is 3. The normalized spacial score (nSPS) is 22.8. The number of H-pyrrole nitrogens is 1. The summed E-state index contributed by atoms with van der Waals surface area (Å²) in [6, 6.07) is 6.87. The molecule has 1 unspecified atom stereocenters. The molecule has 2 aliphatic heterocycles. The molecule has 4 rings (SSSR count). The van der Waals surface area contributed by atoms with Crippen molar-refractivity contribution in [3.8, 4) is 0 Å². The van der Waals surface area contributed by atoms with Gasteiger partial charge in [0.05, 0.1) is 6.54 Å². The number of hydrogen-bond acceptors (Lipinski definition) is 3. The van der Waals surface area contributed by atoms with Crippen molar-refractivity contribution in [1.82, 2.24) is 20.5 Å². The van der Waals surface area contributed by atoms with Crippen LogP contribution in [0.5, 0.6) is 0 Å². The van der Waals surface area contributed by atoms with Gasteiger partial charge in [-0.15, -0.1) is 0 Å². The molecule has 0 spiro atoms. The van der Waals surface area contributed by atoms with E-state index in [1.165, 1.54) is 6.08 Å². The predicted octanol–water partition coefficient (Wildman–Crippen LogP) is 4.32. The number of nitrogens with zero attached hydrogens (tertiary/aromatic N) is 1. The Kier molecular flexibility index (Phi) is 5.70. The van der Waals surface area contributed by atoms with Gasteiger partial charge in [0.15, 0.2) is 0 Å². The number of anilines is 1. The zero-order chi connectivity index (χ0) is 22.1. The molecule has 31 heavy (non-hydrogen) atoms. The van der Waals surface area contributed by atoms with Crippen LogP contribution >= 0.6 is 0 Å². The van der Waals surface area contributed by atoms with E-state index in [2.05, 4.69) is 27.9 Å². The molecule has 6 nitrogen and oxygen atoms in total. The average molecular weight is 433 g/mol. The number of allylic oxidation sites excluding steroid dienone is 3. The van der Waals surface area contributed by atoms with Crippen molar-refractivity contribution in [1.29, 1.82) is 0 Å². The Balaban J connectivity index is 1.47. The number of amides is 2. The fourth-order valence-electron chi connectivity index (χ4n) is 4.11. The molecule has 3 heterocycles. The summed E-state index contributed by atoms with van der Waals surface area (Å²) in [5.41, 5.74) is -0.392. The van der Waals surface area contributed by atoms with Crippen LogP contribution < -0.4 is 16.0 Å². The number of benzene rings is 1. The van der Waals surface area contributed by atoms with Crippen molar-refractivity contribution < 1.29 is 18.0 Å². The molecule has 0 aliphatic carbocycles. The molecule has 0 saturated carbocycles. The van der Waals surface area contributed by atoms with E-state index in [1.54, 1.807) is 12.1 Å². The molecule has 2 aliphatic rings. The van der Waals surface area contributed by atoms with Crippen LogP contribution in [0.2, 0.25) is 0 Å². The molecular weight excluding hydrogens is 407 g/mol. The van der Waals surface area contributed by atoms with Crippen LogP contribution in [0.3, 0.4) is 0 Å². The second-order valence-corrected chi connectivity index (χ2v) is 8.24. The molecule has 166 valence electrons. The van der Waals surface area contributed by atoms with Crippen molar-refractivity contribution in [2.24, 2.45) is 5.92 Å². The van der Waals surface area contributed by atoms with Gasteiger partial charge < -0.3 is 20.9 Å². The van der Waals surface area contributed by atoms with Crippen LogP contribution in [-0.4, -0.2) is 47.4 Å². The summed E-state index contributed by atoms with van der Waals surface area (Å²) in [5, 5.41) is 9.13. The second kappa shape index (κ2) is 8.30. The number of piperidine rings is 1. The van der Waals surface area contributed by atoms with Gasteiger partial charge in [0.1, 0.15) is 11.4 Å². The summed E-state index contributed by atoms with van der Waals surface area (Å²) in [5.74, 6) is 0.526. The van der Waals surface area contributed by atoms with Crippen molar-refractivity contribution in [3.05, 3.63) is 54.4 Å². The van der Waals surface area contributed by atoms with E-state index in [0.717, 1.165) is 29.8 Å². The summed E-state index contributed by atoms with van der Waals surface area (Å²) in [7, 11) is 0. The highest BCUT2D eigenvalue weighted by Crippen LogP contribution is 2.32. The number of aromatic amines is 1. The van der Waals surface area contributed by atoms with Crippen LogP contribution in [0.25, 0.3) is 10.9 Å². The summed E-state index contributed by atoms with van der Waals surface area (Å²) in [4.78, 5) is 17.6. The van der Waals surface area contributed by atoms with Gasteiger partial charge in [-0.2, -0.15) is 13.2 Å². The fraction of sp³-hybridized carbons (Fsp3) is 0.409. The lowest BCUT2D eigenvalue weighted by Crippen LogP contribution is -2.66. The minimum atomic E-state index is -4.49. The van der Waals surface area contributed by atoms with Gasteiger partial charge in [0, 0.05) is 35.9 Å². The zero-order valence-electron chi connectivity index (χ0n) is 17.2. The molecule has 4 N–H and O–H groups in total. The first-order valence-electron chi connectivity index (χ1n) is 10.4. The Morgan fingerprint density at radius 3 is 2.77 bits per heavy atom. The highest BCUT2D eigenvalue weighted by Gasteiger charge is 2.44. The van der Waals surface area contributed by atoms with Gasteiger partial charge in [-0.1, -0.05) is 13.0 Å². The Bertz CT molecular complexity index is 1000. The first-order valence-corrected chi connectivity index (χ1v) is 10.4. The minimum Gasteiger partial charge on any atom is -0.361 e. The molecule has 1 aromatic heterocycles. The summed E-state index contributed by atoms with van der Waals surface area (Å²) >= 11 is 0. The maximum absolute atomic E-state index is 13.4. The monoisotopic (exact) mass is 433 g/mol.